The van der Waals surface area contributed by atoms with Crippen molar-refractivity contribution in [3.8, 4) is 5.75 Å². The smallest absolute Gasteiger partial charge is 0.225 e. The number of hydrogen-bond acceptors (Lipinski definition) is 6. The molecular weight excluding hydrogens is 316 g/mol. The molecule has 0 radical (unpaired) electrons. The highest BCUT2D eigenvalue weighted by Gasteiger charge is 2.08. The van der Waals surface area contributed by atoms with E-state index in [1.54, 1.807) is 7.11 Å². The lowest BCUT2D eigenvalue weighted by molar-refractivity contribution is 0.292. The molecule has 6 nitrogen and oxygen atoms in total. The standard InChI is InChI=1S/C19H22N4O2/c1-25-17-10-5-2-7-14(17)13-21-19-22-16-9-4-3-8-15(16)18(23-19)20-11-6-12-24/h2-5,7-10,24H,6,11-13H2,1H3,(H2,20,21,22,23). The van der Waals surface area contributed by atoms with Gasteiger partial charge in [-0.1, -0.05) is 30.3 Å². The van der Waals surface area contributed by atoms with Crippen LogP contribution < -0.4 is 15.4 Å². The quantitative estimate of drug-likeness (QED) is 0.548. The lowest BCUT2D eigenvalue weighted by Gasteiger charge is -2.13. The number of nitrogens with one attached hydrogen (secondary N) is 2. The average Bonchev–Trinajstić information content (AvgIpc) is 2.66. The Balaban J connectivity index is 1.83. The van der Waals surface area contributed by atoms with Gasteiger partial charge in [0.25, 0.3) is 0 Å². The van der Waals surface area contributed by atoms with Crippen molar-refractivity contribution in [1.82, 2.24) is 9.97 Å². The Morgan fingerprint density at radius 1 is 1.00 bits per heavy atom. The molecule has 6 heteroatoms. The van der Waals surface area contributed by atoms with Crippen molar-refractivity contribution in [1.29, 1.82) is 0 Å². The summed E-state index contributed by atoms with van der Waals surface area (Å²) < 4.78 is 5.38. The van der Waals surface area contributed by atoms with Crippen LogP contribution in [0.5, 0.6) is 5.75 Å². The number of benzene rings is 2. The molecule has 0 saturated heterocycles. The fraction of sp³-hybridized carbons (Fsp3) is 0.263. The molecule has 2 aromatic carbocycles. The van der Waals surface area contributed by atoms with Crippen LogP contribution in [-0.4, -0.2) is 35.3 Å². The van der Waals surface area contributed by atoms with Crippen LogP contribution in [0.2, 0.25) is 0 Å². The molecule has 1 aromatic heterocycles. The van der Waals surface area contributed by atoms with E-state index in [1.807, 2.05) is 48.5 Å². The first-order valence-corrected chi connectivity index (χ1v) is 8.29. The van der Waals surface area contributed by atoms with E-state index in [0.29, 0.717) is 25.5 Å². The third kappa shape index (κ3) is 4.16. The van der Waals surface area contributed by atoms with Gasteiger partial charge >= 0.3 is 0 Å². The SMILES string of the molecule is COc1ccccc1CNc1nc(NCCCO)c2ccccc2n1. The van der Waals surface area contributed by atoms with Crippen molar-refractivity contribution in [3.63, 3.8) is 0 Å². The number of anilines is 2. The number of nitrogens with zero attached hydrogens (tertiary/aromatic N) is 2. The molecule has 0 amide bonds. The maximum Gasteiger partial charge on any atom is 0.225 e. The number of aliphatic hydroxyl groups is 1. The monoisotopic (exact) mass is 338 g/mol. The molecule has 0 spiro atoms. The van der Waals surface area contributed by atoms with Gasteiger partial charge in [0.1, 0.15) is 11.6 Å². The second kappa shape index (κ2) is 8.30. The molecule has 0 aliphatic rings. The predicted molar refractivity (Wildman–Crippen MR) is 100 cm³/mol. The summed E-state index contributed by atoms with van der Waals surface area (Å²) in [5.74, 6) is 2.15. The minimum absolute atomic E-state index is 0.148. The highest BCUT2D eigenvalue weighted by molar-refractivity contribution is 5.90. The van der Waals surface area contributed by atoms with E-state index < -0.39 is 0 Å². The summed E-state index contributed by atoms with van der Waals surface area (Å²) in [5.41, 5.74) is 1.91. The van der Waals surface area contributed by atoms with Gasteiger partial charge in [-0.25, -0.2) is 4.98 Å². The first-order chi connectivity index (χ1) is 12.3. The zero-order chi connectivity index (χ0) is 17.5. The van der Waals surface area contributed by atoms with Crippen LogP contribution >= 0.6 is 0 Å². The molecule has 0 aliphatic heterocycles. The number of fused-ring (bicyclic) bond motifs is 1. The van der Waals surface area contributed by atoms with Crippen molar-refractivity contribution >= 4 is 22.7 Å². The van der Waals surface area contributed by atoms with E-state index in [-0.39, 0.29) is 6.61 Å². The summed E-state index contributed by atoms with van der Waals surface area (Å²) in [6, 6.07) is 15.7. The minimum Gasteiger partial charge on any atom is -0.496 e. The molecule has 1 heterocycles. The van der Waals surface area contributed by atoms with Gasteiger partial charge in [0.2, 0.25) is 5.95 Å². The van der Waals surface area contributed by atoms with Gasteiger partial charge in [-0.05, 0) is 24.6 Å². The molecule has 0 bridgehead atoms. The molecule has 3 rings (SSSR count). The number of methoxy groups -OCH3 is 1. The third-order valence-electron chi connectivity index (χ3n) is 3.86. The normalized spacial score (nSPS) is 10.6. The summed E-state index contributed by atoms with van der Waals surface area (Å²) in [7, 11) is 1.66. The van der Waals surface area contributed by atoms with Crippen LogP contribution in [0.15, 0.2) is 48.5 Å². The summed E-state index contributed by atoms with van der Waals surface area (Å²) in [6.45, 7) is 1.37. The minimum atomic E-state index is 0.148. The van der Waals surface area contributed by atoms with Crippen molar-refractivity contribution in [2.24, 2.45) is 0 Å². The molecule has 130 valence electrons. The van der Waals surface area contributed by atoms with Crippen LogP contribution in [0.4, 0.5) is 11.8 Å². The fourth-order valence-corrected chi connectivity index (χ4v) is 2.60. The molecule has 0 atom stereocenters. The molecule has 0 unspecified atom stereocenters. The van der Waals surface area contributed by atoms with Gasteiger partial charge in [0, 0.05) is 30.6 Å². The van der Waals surface area contributed by atoms with Crippen LogP contribution in [0, 0.1) is 0 Å². The number of rotatable bonds is 8. The van der Waals surface area contributed by atoms with E-state index >= 15 is 0 Å². The molecule has 0 aliphatic carbocycles. The number of aromatic nitrogens is 2. The van der Waals surface area contributed by atoms with Crippen LogP contribution in [0.25, 0.3) is 10.9 Å². The lowest BCUT2D eigenvalue weighted by atomic mass is 10.2. The van der Waals surface area contributed by atoms with Gasteiger partial charge in [0.05, 0.1) is 12.6 Å². The van der Waals surface area contributed by atoms with Gasteiger partial charge < -0.3 is 20.5 Å². The lowest BCUT2D eigenvalue weighted by Crippen LogP contribution is -2.10. The Hall–Kier alpha value is -2.86. The maximum atomic E-state index is 8.97. The predicted octanol–water partition coefficient (Wildman–Crippen LogP) is 3.04. The molecule has 0 fully saturated rings. The Kier molecular flexibility index (Phi) is 5.64. The molecular formula is C19H22N4O2. The van der Waals surface area contributed by atoms with Crippen LogP contribution in [0.1, 0.15) is 12.0 Å². The topological polar surface area (TPSA) is 79.3 Å². The first-order valence-electron chi connectivity index (χ1n) is 8.29. The van der Waals surface area contributed by atoms with E-state index in [9.17, 15) is 0 Å². The summed E-state index contributed by atoms with van der Waals surface area (Å²) in [4.78, 5) is 9.17. The second-order valence-electron chi connectivity index (χ2n) is 5.58. The largest absolute Gasteiger partial charge is 0.496 e. The van der Waals surface area contributed by atoms with E-state index in [4.69, 9.17) is 9.84 Å². The summed E-state index contributed by atoms with van der Waals surface area (Å²) in [5, 5.41) is 16.5. The molecule has 25 heavy (non-hydrogen) atoms. The highest BCUT2D eigenvalue weighted by Crippen LogP contribution is 2.23. The Labute approximate surface area is 146 Å². The van der Waals surface area contributed by atoms with Crippen molar-refractivity contribution in [2.45, 2.75) is 13.0 Å². The van der Waals surface area contributed by atoms with E-state index in [0.717, 1.165) is 28.0 Å². The second-order valence-corrected chi connectivity index (χ2v) is 5.58. The van der Waals surface area contributed by atoms with Crippen molar-refractivity contribution in [2.75, 3.05) is 30.9 Å². The molecule has 3 N–H and O–H groups in total. The van der Waals surface area contributed by atoms with Gasteiger partial charge in [-0.15, -0.1) is 0 Å². The van der Waals surface area contributed by atoms with Crippen LogP contribution in [-0.2, 0) is 6.54 Å². The molecule has 3 aromatic rings. The van der Waals surface area contributed by atoms with Gasteiger partial charge in [-0.2, -0.15) is 4.98 Å². The Morgan fingerprint density at radius 3 is 2.64 bits per heavy atom. The zero-order valence-electron chi connectivity index (χ0n) is 14.2. The third-order valence-corrected chi connectivity index (χ3v) is 3.86. The van der Waals surface area contributed by atoms with Crippen molar-refractivity contribution in [3.05, 3.63) is 54.1 Å². The van der Waals surface area contributed by atoms with E-state index in [1.165, 1.54) is 0 Å². The highest BCUT2D eigenvalue weighted by atomic mass is 16.5. The number of hydrogen-bond donors (Lipinski definition) is 3. The Bertz CT molecular complexity index is 839. The zero-order valence-corrected chi connectivity index (χ0v) is 14.2. The summed E-state index contributed by atoms with van der Waals surface area (Å²) >= 11 is 0. The van der Waals surface area contributed by atoms with Gasteiger partial charge in [0.15, 0.2) is 0 Å². The maximum absolute atomic E-state index is 8.97. The van der Waals surface area contributed by atoms with Crippen LogP contribution in [0.3, 0.4) is 0 Å². The first kappa shape index (κ1) is 17.0. The number of aliphatic hydroxyl groups excluding tert-OH is 1. The summed E-state index contributed by atoms with van der Waals surface area (Å²) in [6.07, 6.45) is 0.669. The Morgan fingerprint density at radius 2 is 1.80 bits per heavy atom. The number of para-hydroxylation sites is 2. The number of ether oxygens (including phenoxy) is 1. The van der Waals surface area contributed by atoms with Crippen molar-refractivity contribution < 1.29 is 9.84 Å². The molecule has 0 saturated carbocycles. The van der Waals surface area contributed by atoms with E-state index in [2.05, 4.69) is 20.6 Å². The van der Waals surface area contributed by atoms with Gasteiger partial charge in [-0.3, -0.25) is 0 Å². The average molecular weight is 338 g/mol. The fourth-order valence-electron chi connectivity index (χ4n) is 2.60.